The molecule has 0 spiro atoms. The molecule has 5 aliphatic heterocycles. The van der Waals surface area contributed by atoms with Crippen LogP contribution in [0.2, 0.25) is 0 Å². The number of fused-ring (bicyclic) bond motifs is 1. The van der Waals surface area contributed by atoms with Crippen LogP contribution in [-0.2, 0) is 64.0 Å². The smallest absolute Gasteiger partial charge is 0.313 e. The van der Waals surface area contributed by atoms with Crippen molar-refractivity contribution in [2.45, 2.75) is 114 Å². The van der Waals surface area contributed by atoms with Gasteiger partial charge in [-0.05, 0) is 62.8 Å². The van der Waals surface area contributed by atoms with Gasteiger partial charge in [-0.25, -0.2) is 13.9 Å². The Morgan fingerprint density at radius 1 is 0.966 bits per heavy atom. The number of nitrogens with one attached hydrogen (secondary N) is 1. The molecule has 3 saturated heterocycles. The maximum atomic E-state index is 16.0. The number of alkyl halides is 2. The average molecular weight is 876 g/mol. The van der Waals surface area contributed by atoms with Crippen LogP contribution in [0.25, 0.3) is 0 Å². The first kappa shape index (κ1) is 46.6. The lowest BCUT2D eigenvalue weighted by molar-refractivity contribution is -0.301. The zero-order chi connectivity index (χ0) is 43.7. The Morgan fingerprint density at radius 2 is 1.53 bits per heavy atom. The number of carbonyl (C=O) groups is 5. The molecule has 5 aliphatic rings. The number of halogens is 2. The van der Waals surface area contributed by atoms with Crippen molar-refractivity contribution in [1.29, 1.82) is 0 Å². The molecule has 0 aliphatic carbocycles. The number of allylic oxidation sites excluding steroid dienone is 2. The molecule has 0 aromatic heterocycles. The van der Waals surface area contributed by atoms with Gasteiger partial charge in [0.05, 0.1) is 18.9 Å². The summed E-state index contributed by atoms with van der Waals surface area (Å²) in [6.07, 6.45) is -2.30. The zero-order valence-electron chi connectivity index (χ0n) is 33.0. The average Bonchev–Trinajstić information content (AvgIpc) is 3.69. The number of hydrogen-bond donors (Lipinski definition) is 4. The maximum Gasteiger partial charge on any atom is 0.313 e. The summed E-state index contributed by atoms with van der Waals surface area (Å²) in [5, 5.41) is 33.7. The zero-order valence-corrected chi connectivity index (χ0v) is 34.7. The summed E-state index contributed by atoms with van der Waals surface area (Å²) in [6.45, 7) is 1.24. The highest BCUT2D eigenvalue weighted by Gasteiger charge is 2.71. The molecule has 0 saturated carbocycles. The van der Waals surface area contributed by atoms with Crippen molar-refractivity contribution in [1.82, 2.24) is 14.9 Å². The van der Waals surface area contributed by atoms with Gasteiger partial charge in [0.1, 0.15) is 42.1 Å². The van der Waals surface area contributed by atoms with Crippen LogP contribution in [0.5, 0.6) is 5.75 Å². The number of methoxy groups -OCH3 is 1. The predicted octanol–water partition coefficient (Wildman–Crippen LogP) is 1.77. The third-order valence-electron chi connectivity index (χ3n) is 9.90. The molecule has 11 atom stereocenters. The van der Waals surface area contributed by atoms with Crippen molar-refractivity contribution in [3.63, 3.8) is 0 Å². The Bertz CT molecular complexity index is 1890. The van der Waals surface area contributed by atoms with Gasteiger partial charge in [0.15, 0.2) is 30.1 Å². The second-order valence-corrected chi connectivity index (χ2v) is 18.4. The van der Waals surface area contributed by atoms with Crippen LogP contribution in [0, 0.1) is 5.92 Å². The third-order valence-corrected chi connectivity index (χ3v) is 12.4. The van der Waals surface area contributed by atoms with Gasteiger partial charge in [-0.2, -0.15) is 0 Å². The highest BCUT2D eigenvalue weighted by molar-refractivity contribution is 8.09. The molecule has 59 heavy (non-hydrogen) atoms. The number of hydrogen-bond acceptors (Lipinski definition) is 16. The number of ether oxygens (including phenoxy) is 5. The summed E-state index contributed by atoms with van der Waals surface area (Å²) in [5.74, 6) is -7.40. The molecule has 18 nitrogen and oxygen atoms in total. The van der Waals surface area contributed by atoms with Gasteiger partial charge >= 0.3 is 6.64 Å². The molecule has 1 aromatic carbocycles. The summed E-state index contributed by atoms with van der Waals surface area (Å²) in [6, 6.07) is 7.57. The van der Waals surface area contributed by atoms with E-state index in [0.717, 1.165) is 29.0 Å². The fourth-order valence-corrected chi connectivity index (χ4v) is 9.29. The minimum atomic E-state index is -3.62. The first-order valence-corrected chi connectivity index (χ1v) is 21.1. The van der Waals surface area contributed by atoms with Crippen LogP contribution in [0.3, 0.4) is 0 Å². The number of aliphatic hydroxyl groups is 3. The normalized spacial score (nSPS) is 35.8. The Labute approximate surface area is 343 Å². The molecule has 326 valence electrons. The lowest BCUT2D eigenvalue weighted by Crippen LogP contribution is -2.54. The van der Waals surface area contributed by atoms with Crippen molar-refractivity contribution in [3.8, 4) is 5.75 Å². The van der Waals surface area contributed by atoms with Crippen molar-refractivity contribution < 1.29 is 80.8 Å². The molecular formula is C37H48F2N3O15PS. The fourth-order valence-electron chi connectivity index (χ4n) is 6.85. The molecule has 4 N–H and O–H groups in total. The van der Waals surface area contributed by atoms with E-state index in [2.05, 4.69) is 5.09 Å². The second kappa shape index (κ2) is 17.9. The van der Waals surface area contributed by atoms with Crippen molar-refractivity contribution >= 4 is 47.6 Å². The SMILES string of the molecule is CC(C)CC(=O)[C@H](C)NP(=S)(OC[C@@]1(F)O[C@@H](N2C=CC(=O)CC2=O)[C@](C)(O)[C@@H]1O)Oc1ccccc1.COC1O[C@H]2[C@@](C)(O1)[C@H](N1C=CC(=O)CC1=O)O[C@]2(F)CO. The first-order valence-electron chi connectivity index (χ1n) is 18.5. The number of benzene rings is 1. The summed E-state index contributed by atoms with van der Waals surface area (Å²) < 4.78 is 68.6. The topological polar surface area (TPSA) is 229 Å². The molecule has 0 bridgehead atoms. The van der Waals surface area contributed by atoms with Crippen LogP contribution in [0.4, 0.5) is 8.78 Å². The van der Waals surface area contributed by atoms with E-state index in [1.165, 1.54) is 26.3 Å². The summed E-state index contributed by atoms with van der Waals surface area (Å²) >= 11 is 5.58. The summed E-state index contributed by atoms with van der Waals surface area (Å²) in [7, 11) is 1.31. The van der Waals surface area contributed by atoms with E-state index in [-0.39, 0.29) is 30.3 Å². The Morgan fingerprint density at radius 3 is 2.05 bits per heavy atom. The van der Waals surface area contributed by atoms with E-state index < -0.39 is 104 Å². The monoisotopic (exact) mass is 875 g/mol. The Kier molecular flexibility index (Phi) is 14.1. The second-order valence-electron chi connectivity index (χ2n) is 15.3. The summed E-state index contributed by atoms with van der Waals surface area (Å²) in [5.41, 5.74) is -3.67. The van der Waals surface area contributed by atoms with Crippen LogP contribution >= 0.6 is 6.64 Å². The molecule has 0 radical (unpaired) electrons. The first-order chi connectivity index (χ1) is 27.5. The van der Waals surface area contributed by atoms with Gasteiger partial charge in [0, 0.05) is 25.9 Å². The van der Waals surface area contributed by atoms with Crippen LogP contribution < -0.4 is 9.61 Å². The minimum absolute atomic E-state index is 0.0997. The van der Waals surface area contributed by atoms with E-state index >= 15 is 4.39 Å². The minimum Gasteiger partial charge on any atom is -0.433 e. The number of para-hydroxylation sites is 1. The van der Waals surface area contributed by atoms with E-state index in [9.17, 15) is 43.7 Å². The van der Waals surface area contributed by atoms with E-state index in [1.807, 2.05) is 13.8 Å². The molecule has 2 unspecified atom stereocenters. The highest BCUT2D eigenvalue weighted by Crippen LogP contribution is 2.51. The number of aliphatic hydroxyl groups excluding tert-OH is 2. The number of rotatable bonds is 14. The standard InChI is InChI=1S/C24H32FN2O8PS.C13H16FNO7/c1-15(2)12-19(29)16(3)26-36(37,35-18-8-6-5-7-9-18)33-14-24(25)21(31)23(4,32)22(34-24)27-11-10-17(28)13-20(27)30;1-12-9(20-11(19-2)22-12)13(14,6-16)21-10(12)15-4-3-7(17)5-8(15)18/h5-11,15-16,21-22,31-32H,12-14H2,1-4H3,(H,26,37);3-4,9-11,16H,5-6H2,1-2H3/t16-,21-,22+,23+,24+,36?;9-,10+,11?,12+,13+/m00/s1. The van der Waals surface area contributed by atoms with Crippen molar-refractivity contribution in [3.05, 3.63) is 54.9 Å². The van der Waals surface area contributed by atoms with Gasteiger partial charge in [0.25, 0.3) is 18.2 Å². The number of nitrogens with zero attached hydrogens (tertiary/aromatic N) is 2. The molecular weight excluding hydrogens is 827 g/mol. The summed E-state index contributed by atoms with van der Waals surface area (Å²) in [4.78, 5) is 61.6. The van der Waals surface area contributed by atoms with Crippen LogP contribution in [0.15, 0.2) is 54.9 Å². The molecule has 1 aromatic rings. The largest absolute Gasteiger partial charge is 0.433 e. The Balaban J connectivity index is 0.000000254. The van der Waals surface area contributed by atoms with Gasteiger partial charge in [-0.15, -0.1) is 0 Å². The fraction of sp³-hybridized carbons (Fsp3) is 0.595. The van der Waals surface area contributed by atoms with E-state index in [4.69, 9.17) is 44.5 Å². The van der Waals surface area contributed by atoms with Gasteiger partial charge in [-0.3, -0.25) is 33.8 Å². The maximum absolute atomic E-state index is 16.0. The van der Waals surface area contributed by atoms with Crippen molar-refractivity contribution in [2.24, 2.45) is 5.92 Å². The highest BCUT2D eigenvalue weighted by atomic mass is 32.5. The molecule has 5 heterocycles. The van der Waals surface area contributed by atoms with Crippen LogP contribution in [0.1, 0.15) is 53.9 Å². The van der Waals surface area contributed by atoms with Crippen molar-refractivity contribution in [2.75, 3.05) is 20.3 Å². The Hall–Kier alpha value is -3.44. The third kappa shape index (κ3) is 9.87. The number of carbonyl (C=O) groups excluding carboxylic acids is 5. The van der Waals surface area contributed by atoms with Gasteiger partial charge < -0.3 is 48.1 Å². The molecule has 22 heteroatoms. The van der Waals surface area contributed by atoms with Gasteiger partial charge in [-0.1, -0.05) is 32.0 Å². The number of ketones is 3. The molecule has 3 fully saturated rings. The number of Topliss-reactive ketones (excluding diaryl/α,β-unsaturated/α-hetero) is 1. The van der Waals surface area contributed by atoms with E-state index in [1.54, 1.807) is 37.3 Å². The predicted molar refractivity (Wildman–Crippen MR) is 202 cm³/mol. The number of amides is 2. The van der Waals surface area contributed by atoms with Gasteiger partial charge in [0.2, 0.25) is 11.8 Å². The van der Waals surface area contributed by atoms with Crippen LogP contribution in [-0.4, -0.2) is 135 Å². The quantitative estimate of drug-likeness (QED) is 0.154. The van der Waals surface area contributed by atoms with E-state index in [0.29, 0.717) is 5.75 Å². The lowest BCUT2D eigenvalue weighted by Gasteiger charge is -2.35. The molecule has 2 amide bonds. The lowest BCUT2D eigenvalue weighted by atomic mass is 9.94. The molecule has 6 rings (SSSR count).